The van der Waals surface area contributed by atoms with Crippen LogP contribution in [0.15, 0.2) is 30.6 Å². The van der Waals surface area contributed by atoms with Crippen molar-refractivity contribution in [2.45, 2.75) is 0 Å². The monoisotopic (exact) mass is 302 g/mol. The molecule has 0 radical (unpaired) electrons. The van der Waals surface area contributed by atoms with E-state index in [0.29, 0.717) is 22.8 Å². The van der Waals surface area contributed by atoms with Crippen LogP contribution in [-0.4, -0.2) is 36.9 Å². The fraction of sp³-hybridized carbons (Fsp3) is 0.250. The van der Waals surface area contributed by atoms with Gasteiger partial charge in [-0.2, -0.15) is 5.10 Å². The molecular formula is C16H18N2O4. The summed E-state index contributed by atoms with van der Waals surface area (Å²) in [5.41, 5.74) is 1.30. The summed E-state index contributed by atoms with van der Waals surface area (Å²) in [6.45, 7) is 0. The van der Waals surface area contributed by atoms with E-state index in [1.54, 1.807) is 57.5 Å². The third-order valence-electron chi connectivity index (χ3n) is 3.10. The van der Waals surface area contributed by atoms with Crippen molar-refractivity contribution >= 4 is 11.9 Å². The molecule has 22 heavy (non-hydrogen) atoms. The van der Waals surface area contributed by atoms with E-state index in [2.05, 4.69) is 5.10 Å². The van der Waals surface area contributed by atoms with E-state index in [1.807, 2.05) is 0 Å². The molecule has 0 fully saturated rings. The normalized spacial score (nSPS) is 10.7. The zero-order valence-electron chi connectivity index (χ0n) is 13.0. The standard InChI is InChI=1S/C16H18N2O4/c1-18-10-12(9-17-18)13(19)6-5-11-7-14(20-2)16(22-4)15(8-11)21-3/h5-10H,1-4H3/b6-5-. The van der Waals surface area contributed by atoms with Gasteiger partial charge >= 0.3 is 0 Å². The lowest BCUT2D eigenvalue weighted by Crippen LogP contribution is -1.96. The van der Waals surface area contributed by atoms with Crippen LogP contribution in [0.2, 0.25) is 0 Å². The van der Waals surface area contributed by atoms with Crippen LogP contribution < -0.4 is 14.2 Å². The predicted molar refractivity (Wildman–Crippen MR) is 82.7 cm³/mol. The number of hydrogen-bond acceptors (Lipinski definition) is 5. The molecule has 1 aromatic carbocycles. The highest BCUT2D eigenvalue weighted by Gasteiger charge is 2.12. The summed E-state index contributed by atoms with van der Waals surface area (Å²) < 4.78 is 17.4. The van der Waals surface area contributed by atoms with Gasteiger partial charge < -0.3 is 14.2 Å². The fourth-order valence-corrected chi connectivity index (χ4v) is 2.01. The predicted octanol–water partition coefficient (Wildman–Crippen LogP) is 2.34. The smallest absolute Gasteiger partial charge is 0.203 e. The Balaban J connectivity index is 2.29. The number of ether oxygens (including phenoxy) is 3. The Morgan fingerprint density at radius 2 is 1.77 bits per heavy atom. The second-order valence-electron chi connectivity index (χ2n) is 4.56. The second-order valence-corrected chi connectivity index (χ2v) is 4.56. The van der Waals surface area contributed by atoms with E-state index in [1.165, 1.54) is 12.3 Å². The highest BCUT2D eigenvalue weighted by atomic mass is 16.5. The SMILES string of the molecule is COc1cc(/C=C\C(=O)c2cnn(C)c2)cc(OC)c1OC. The molecule has 0 N–H and O–H groups in total. The third-order valence-corrected chi connectivity index (χ3v) is 3.10. The van der Waals surface area contributed by atoms with Gasteiger partial charge in [0.05, 0.1) is 33.1 Å². The van der Waals surface area contributed by atoms with Gasteiger partial charge in [0.2, 0.25) is 5.75 Å². The topological polar surface area (TPSA) is 62.6 Å². The Hall–Kier alpha value is -2.76. The summed E-state index contributed by atoms with van der Waals surface area (Å²) >= 11 is 0. The van der Waals surface area contributed by atoms with Gasteiger partial charge in [-0.05, 0) is 23.8 Å². The molecule has 0 saturated heterocycles. The maximum absolute atomic E-state index is 12.0. The van der Waals surface area contributed by atoms with Crippen LogP contribution in [0.4, 0.5) is 0 Å². The molecule has 0 bridgehead atoms. The van der Waals surface area contributed by atoms with Gasteiger partial charge in [-0.3, -0.25) is 9.48 Å². The van der Waals surface area contributed by atoms with Crippen LogP contribution in [0, 0.1) is 0 Å². The van der Waals surface area contributed by atoms with E-state index >= 15 is 0 Å². The first kappa shape index (κ1) is 15.6. The highest BCUT2D eigenvalue weighted by Crippen LogP contribution is 2.38. The molecular weight excluding hydrogens is 284 g/mol. The lowest BCUT2D eigenvalue weighted by molar-refractivity contribution is 0.104. The maximum Gasteiger partial charge on any atom is 0.203 e. The first-order valence-electron chi connectivity index (χ1n) is 6.60. The molecule has 116 valence electrons. The number of methoxy groups -OCH3 is 3. The lowest BCUT2D eigenvalue weighted by atomic mass is 10.1. The van der Waals surface area contributed by atoms with Crippen molar-refractivity contribution in [1.29, 1.82) is 0 Å². The minimum absolute atomic E-state index is 0.123. The van der Waals surface area contributed by atoms with E-state index in [0.717, 1.165) is 5.56 Å². The second kappa shape index (κ2) is 6.80. The zero-order chi connectivity index (χ0) is 16.1. The minimum Gasteiger partial charge on any atom is -0.493 e. The van der Waals surface area contributed by atoms with Crippen molar-refractivity contribution in [3.8, 4) is 17.2 Å². The van der Waals surface area contributed by atoms with Gasteiger partial charge in [0, 0.05) is 13.2 Å². The molecule has 0 aliphatic heterocycles. The van der Waals surface area contributed by atoms with Gasteiger partial charge in [-0.25, -0.2) is 0 Å². The van der Waals surface area contributed by atoms with E-state index in [-0.39, 0.29) is 5.78 Å². The van der Waals surface area contributed by atoms with Gasteiger partial charge in [-0.1, -0.05) is 6.08 Å². The molecule has 0 aliphatic rings. The molecule has 1 heterocycles. The molecule has 0 atom stereocenters. The number of nitrogens with zero attached hydrogens (tertiary/aromatic N) is 2. The molecule has 2 aromatic rings. The average molecular weight is 302 g/mol. The van der Waals surface area contributed by atoms with Crippen LogP contribution >= 0.6 is 0 Å². The van der Waals surface area contributed by atoms with Crippen LogP contribution in [0.25, 0.3) is 6.08 Å². The van der Waals surface area contributed by atoms with Gasteiger partial charge in [0.25, 0.3) is 0 Å². The summed E-state index contributed by atoms with van der Waals surface area (Å²) in [5, 5.41) is 3.98. The first-order valence-corrected chi connectivity index (χ1v) is 6.60. The number of carbonyl (C=O) groups is 1. The minimum atomic E-state index is -0.123. The lowest BCUT2D eigenvalue weighted by Gasteiger charge is -2.12. The quantitative estimate of drug-likeness (QED) is 0.605. The van der Waals surface area contributed by atoms with Crippen molar-refractivity contribution in [1.82, 2.24) is 9.78 Å². The fourth-order valence-electron chi connectivity index (χ4n) is 2.01. The van der Waals surface area contributed by atoms with Crippen molar-refractivity contribution in [2.75, 3.05) is 21.3 Å². The number of aryl methyl sites for hydroxylation is 1. The summed E-state index contributed by atoms with van der Waals surface area (Å²) in [6, 6.07) is 3.54. The Morgan fingerprint density at radius 1 is 1.14 bits per heavy atom. The van der Waals surface area contributed by atoms with E-state index in [9.17, 15) is 4.79 Å². The zero-order valence-corrected chi connectivity index (χ0v) is 13.0. The number of rotatable bonds is 6. The van der Waals surface area contributed by atoms with Crippen LogP contribution in [-0.2, 0) is 7.05 Å². The summed E-state index contributed by atoms with van der Waals surface area (Å²) in [6.07, 6.45) is 6.38. The molecule has 0 spiro atoms. The van der Waals surface area contributed by atoms with Gasteiger partial charge in [0.15, 0.2) is 17.3 Å². The molecule has 0 unspecified atom stereocenters. The summed E-state index contributed by atoms with van der Waals surface area (Å²) in [5.74, 6) is 1.47. The van der Waals surface area contributed by atoms with Crippen LogP contribution in [0.5, 0.6) is 17.2 Å². The molecule has 6 heteroatoms. The average Bonchev–Trinajstić information content (AvgIpc) is 2.97. The molecule has 0 aliphatic carbocycles. The molecule has 0 saturated carbocycles. The number of aromatic nitrogens is 2. The number of carbonyl (C=O) groups excluding carboxylic acids is 1. The van der Waals surface area contributed by atoms with Crippen molar-refractivity contribution in [2.24, 2.45) is 7.05 Å². The summed E-state index contributed by atoms with van der Waals surface area (Å²) in [4.78, 5) is 12.0. The Bertz CT molecular complexity index is 679. The maximum atomic E-state index is 12.0. The number of ketones is 1. The molecule has 1 aromatic heterocycles. The molecule has 2 rings (SSSR count). The molecule has 6 nitrogen and oxygen atoms in total. The number of hydrogen-bond donors (Lipinski definition) is 0. The highest BCUT2D eigenvalue weighted by molar-refractivity contribution is 6.06. The number of benzene rings is 1. The summed E-state index contributed by atoms with van der Waals surface area (Å²) in [7, 11) is 6.40. The van der Waals surface area contributed by atoms with E-state index in [4.69, 9.17) is 14.2 Å². The van der Waals surface area contributed by atoms with Crippen LogP contribution in [0.1, 0.15) is 15.9 Å². The van der Waals surface area contributed by atoms with Crippen molar-refractivity contribution in [3.05, 3.63) is 41.7 Å². The Morgan fingerprint density at radius 3 is 2.23 bits per heavy atom. The van der Waals surface area contributed by atoms with Gasteiger partial charge in [0.1, 0.15) is 0 Å². The van der Waals surface area contributed by atoms with Crippen molar-refractivity contribution in [3.63, 3.8) is 0 Å². The first-order chi connectivity index (χ1) is 10.6. The number of allylic oxidation sites excluding steroid dienone is 1. The Labute approximate surface area is 128 Å². The third kappa shape index (κ3) is 3.28. The van der Waals surface area contributed by atoms with E-state index < -0.39 is 0 Å². The Kier molecular flexibility index (Phi) is 4.83. The van der Waals surface area contributed by atoms with Gasteiger partial charge in [-0.15, -0.1) is 0 Å². The molecule has 0 amide bonds. The largest absolute Gasteiger partial charge is 0.493 e. The van der Waals surface area contributed by atoms with Crippen molar-refractivity contribution < 1.29 is 19.0 Å². The van der Waals surface area contributed by atoms with Crippen LogP contribution in [0.3, 0.4) is 0 Å².